The number of hydrogen-bond acceptors (Lipinski definition) is 6. The molecule has 2 bridgehead atoms. The van der Waals surface area contributed by atoms with Crippen molar-refractivity contribution < 1.29 is 9.52 Å². The third-order valence-corrected chi connectivity index (χ3v) is 8.32. The highest BCUT2D eigenvalue weighted by Gasteiger charge is 2.49. The molecule has 0 unspecified atom stereocenters. The molecule has 1 aliphatic heterocycles. The summed E-state index contributed by atoms with van der Waals surface area (Å²) in [6, 6.07) is 2.30. The summed E-state index contributed by atoms with van der Waals surface area (Å²) in [5.41, 5.74) is 3.97. The van der Waals surface area contributed by atoms with Gasteiger partial charge in [-0.05, 0) is 55.1 Å². The Morgan fingerprint density at radius 1 is 1.31 bits per heavy atom. The summed E-state index contributed by atoms with van der Waals surface area (Å²) < 4.78 is 6.07. The third-order valence-electron chi connectivity index (χ3n) is 7.33. The Kier molecular flexibility index (Phi) is 5.02. The summed E-state index contributed by atoms with van der Waals surface area (Å²) in [7, 11) is 0. The van der Waals surface area contributed by atoms with Gasteiger partial charge in [0, 0.05) is 30.2 Å². The van der Waals surface area contributed by atoms with Crippen molar-refractivity contribution in [3.8, 4) is 16.3 Å². The van der Waals surface area contributed by atoms with Gasteiger partial charge >= 0.3 is 0 Å². The van der Waals surface area contributed by atoms with Gasteiger partial charge in [0.2, 0.25) is 5.43 Å². The van der Waals surface area contributed by atoms with E-state index in [0.717, 1.165) is 29.8 Å². The molecule has 1 aliphatic carbocycles. The first-order valence-corrected chi connectivity index (χ1v) is 12.4. The molecule has 1 aromatic carbocycles. The van der Waals surface area contributed by atoms with E-state index in [2.05, 4.69) is 30.7 Å². The van der Waals surface area contributed by atoms with Crippen LogP contribution in [0, 0.1) is 17.8 Å². The molecular weight excluding hydrogens is 420 g/mol. The van der Waals surface area contributed by atoms with Crippen LogP contribution in [-0.2, 0) is 13.0 Å². The SMILES string of the molecule is CCc1cc2c(=O)c(-c3nc(C)cs3)coc2c(CN2C[C@]3(C)C[C@@H]2CC(C)(C)C3)c1O. The van der Waals surface area contributed by atoms with E-state index in [1.165, 1.54) is 30.4 Å². The molecule has 1 saturated carbocycles. The van der Waals surface area contributed by atoms with Gasteiger partial charge < -0.3 is 9.52 Å². The first kappa shape index (κ1) is 21.7. The Morgan fingerprint density at radius 3 is 2.78 bits per heavy atom. The predicted molar refractivity (Wildman–Crippen MR) is 129 cm³/mol. The topological polar surface area (TPSA) is 66.6 Å². The van der Waals surface area contributed by atoms with E-state index in [-0.39, 0.29) is 11.2 Å². The monoisotopic (exact) mass is 452 g/mol. The van der Waals surface area contributed by atoms with Gasteiger partial charge in [0.15, 0.2) is 0 Å². The minimum atomic E-state index is -0.0789. The molecule has 6 heteroatoms. The summed E-state index contributed by atoms with van der Waals surface area (Å²) in [4.78, 5) is 20.4. The summed E-state index contributed by atoms with van der Waals surface area (Å²) in [5.74, 6) is 0.270. The summed E-state index contributed by atoms with van der Waals surface area (Å²) in [5, 5.41) is 14.3. The van der Waals surface area contributed by atoms with Gasteiger partial charge in [0.25, 0.3) is 0 Å². The average molecular weight is 453 g/mol. The molecule has 0 spiro atoms. The van der Waals surface area contributed by atoms with Crippen LogP contribution < -0.4 is 5.43 Å². The second kappa shape index (κ2) is 7.42. The van der Waals surface area contributed by atoms with Crippen LogP contribution in [0.4, 0.5) is 0 Å². The summed E-state index contributed by atoms with van der Waals surface area (Å²) in [6.07, 6.45) is 5.75. The van der Waals surface area contributed by atoms with Crippen molar-refractivity contribution in [1.82, 2.24) is 9.88 Å². The number of aromatic nitrogens is 1. The number of aryl methyl sites for hydroxylation is 2. The molecule has 0 radical (unpaired) electrons. The molecule has 5 nitrogen and oxygen atoms in total. The van der Waals surface area contributed by atoms with Crippen molar-refractivity contribution in [3.63, 3.8) is 0 Å². The minimum absolute atomic E-state index is 0.0789. The number of fused-ring (bicyclic) bond motifs is 3. The number of phenolic OH excluding ortho intramolecular Hbond substituents is 1. The Morgan fingerprint density at radius 2 is 2.09 bits per heavy atom. The van der Waals surface area contributed by atoms with Gasteiger partial charge in [-0.25, -0.2) is 4.98 Å². The van der Waals surface area contributed by atoms with Crippen molar-refractivity contribution in [2.75, 3.05) is 6.54 Å². The lowest BCUT2D eigenvalue weighted by Gasteiger charge is -2.40. The molecule has 3 aromatic rings. The molecular formula is C26H32N2O3S. The first-order valence-electron chi connectivity index (χ1n) is 11.5. The van der Waals surface area contributed by atoms with E-state index in [0.29, 0.717) is 51.4 Å². The highest BCUT2D eigenvalue weighted by molar-refractivity contribution is 7.13. The molecule has 32 heavy (non-hydrogen) atoms. The molecule has 1 N–H and O–H groups in total. The van der Waals surface area contributed by atoms with Crippen LogP contribution >= 0.6 is 11.3 Å². The maximum atomic E-state index is 13.4. The largest absolute Gasteiger partial charge is 0.507 e. The van der Waals surface area contributed by atoms with E-state index in [4.69, 9.17) is 4.42 Å². The lowest BCUT2D eigenvalue weighted by Crippen LogP contribution is -2.34. The molecule has 1 saturated heterocycles. The van der Waals surface area contributed by atoms with Gasteiger partial charge in [-0.15, -0.1) is 11.3 Å². The normalized spacial score (nSPS) is 25.0. The molecule has 2 aromatic heterocycles. The number of hydrogen-bond donors (Lipinski definition) is 1. The number of likely N-dealkylation sites (tertiary alicyclic amines) is 1. The highest BCUT2D eigenvalue weighted by atomic mass is 32.1. The van der Waals surface area contributed by atoms with Gasteiger partial charge in [-0.3, -0.25) is 9.69 Å². The lowest BCUT2D eigenvalue weighted by molar-refractivity contribution is 0.126. The van der Waals surface area contributed by atoms with Gasteiger partial charge in [0.05, 0.1) is 16.5 Å². The zero-order valence-electron chi connectivity index (χ0n) is 19.6. The maximum Gasteiger partial charge on any atom is 0.202 e. The van der Waals surface area contributed by atoms with Crippen molar-refractivity contribution >= 4 is 22.3 Å². The average Bonchev–Trinajstić information content (AvgIpc) is 3.23. The van der Waals surface area contributed by atoms with Crippen molar-refractivity contribution in [2.45, 2.75) is 72.9 Å². The third kappa shape index (κ3) is 3.57. The first-order chi connectivity index (χ1) is 15.1. The Hall–Kier alpha value is -2.18. The molecule has 0 amide bonds. The molecule has 170 valence electrons. The van der Waals surface area contributed by atoms with Crippen LogP contribution in [-0.4, -0.2) is 27.6 Å². The van der Waals surface area contributed by atoms with Crippen LogP contribution in [0.1, 0.15) is 63.8 Å². The number of rotatable bonds is 4. The number of aromatic hydroxyl groups is 1. The predicted octanol–water partition coefficient (Wildman–Crippen LogP) is 5.89. The highest BCUT2D eigenvalue weighted by Crippen LogP contribution is 2.53. The van der Waals surface area contributed by atoms with Gasteiger partial charge in [-0.2, -0.15) is 0 Å². The Bertz CT molecular complexity index is 1260. The molecule has 2 aliphatic rings. The minimum Gasteiger partial charge on any atom is -0.507 e. The van der Waals surface area contributed by atoms with Crippen LogP contribution in [0.2, 0.25) is 0 Å². The molecule has 2 fully saturated rings. The van der Waals surface area contributed by atoms with E-state index in [9.17, 15) is 9.90 Å². The van der Waals surface area contributed by atoms with Crippen molar-refractivity contribution in [3.05, 3.63) is 44.8 Å². The standard InChI is InChI=1S/C26H32N2O3S/c1-6-16-7-18-22(30)20(24-27-15(2)12-32-24)11-31-23(18)19(21(16)29)10-28-14-26(5)9-17(28)8-25(3,4)13-26/h7,11-12,17,29H,6,8-10,13-14H2,1-5H3/t17-,26+/m0/s1. The van der Waals surface area contributed by atoms with E-state index < -0.39 is 0 Å². The maximum absolute atomic E-state index is 13.4. The van der Waals surface area contributed by atoms with E-state index in [1.54, 1.807) is 6.07 Å². The fraction of sp³-hybridized carbons (Fsp3) is 0.538. The number of phenols is 1. The fourth-order valence-electron chi connectivity index (χ4n) is 6.40. The Labute approximate surface area is 193 Å². The van der Waals surface area contributed by atoms with E-state index >= 15 is 0 Å². The van der Waals surface area contributed by atoms with Crippen LogP contribution in [0.5, 0.6) is 5.75 Å². The van der Waals surface area contributed by atoms with Gasteiger partial charge in [0.1, 0.15) is 22.6 Å². The number of nitrogens with zero attached hydrogens (tertiary/aromatic N) is 2. The zero-order valence-corrected chi connectivity index (χ0v) is 20.4. The molecule has 3 heterocycles. The second-order valence-electron chi connectivity index (χ2n) is 11.0. The molecule has 2 atom stereocenters. The second-order valence-corrected chi connectivity index (χ2v) is 11.8. The fourth-order valence-corrected chi connectivity index (χ4v) is 7.20. The number of benzene rings is 1. The smallest absolute Gasteiger partial charge is 0.202 e. The number of thiazole rings is 1. The summed E-state index contributed by atoms with van der Waals surface area (Å²) in [6.45, 7) is 12.7. The lowest BCUT2D eigenvalue weighted by atomic mass is 9.65. The summed E-state index contributed by atoms with van der Waals surface area (Å²) >= 11 is 1.45. The van der Waals surface area contributed by atoms with Crippen LogP contribution in [0.3, 0.4) is 0 Å². The van der Waals surface area contributed by atoms with Crippen molar-refractivity contribution in [1.29, 1.82) is 0 Å². The van der Waals surface area contributed by atoms with E-state index in [1.807, 2.05) is 19.2 Å². The molecule has 5 rings (SSSR count). The quantitative estimate of drug-likeness (QED) is 0.534. The van der Waals surface area contributed by atoms with Gasteiger partial charge in [-0.1, -0.05) is 27.7 Å². The Balaban J connectivity index is 1.61. The van der Waals surface area contributed by atoms with Crippen molar-refractivity contribution in [2.24, 2.45) is 10.8 Å². The van der Waals surface area contributed by atoms with Crippen LogP contribution in [0.25, 0.3) is 21.5 Å². The van der Waals surface area contributed by atoms with Crippen LogP contribution in [0.15, 0.2) is 26.9 Å². The zero-order chi connectivity index (χ0) is 22.8.